The van der Waals surface area contributed by atoms with Gasteiger partial charge in [0.2, 0.25) is 0 Å². The molecule has 0 unspecified atom stereocenters. The predicted octanol–water partition coefficient (Wildman–Crippen LogP) is 1.50. The van der Waals surface area contributed by atoms with Crippen molar-refractivity contribution in [3.05, 3.63) is 29.6 Å². The normalized spacial score (nSPS) is 9.08. The van der Waals surface area contributed by atoms with Crippen LogP contribution in [0.4, 0.5) is 0 Å². The lowest BCUT2D eigenvalue weighted by molar-refractivity contribution is 0.767. The van der Waals surface area contributed by atoms with Crippen molar-refractivity contribution in [1.82, 2.24) is 10.3 Å². The maximum absolute atomic E-state index is 4.13. The Bertz CT molecular complexity index is 320. The van der Waals surface area contributed by atoms with E-state index in [1.54, 1.807) is 0 Å². The molecule has 2 heteroatoms. The molecule has 1 N–H and O–H groups in total. The smallest absolute Gasteiger partial charge is 0.0578 e. The quantitative estimate of drug-likeness (QED) is 0.555. The van der Waals surface area contributed by atoms with E-state index in [0.717, 1.165) is 18.8 Å². The van der Waals surface area contributed by atoms with Crippen molar-refractivity contribution in [2.24, 2.45) is 0 Å². The summed E-state index contributed by atoms with van der Waals surface area (Å²) in [5.74, 6) is 5.80. The average Bonchev–Trinajstić information content (AvgIpc) is 2.13. The molecule has 0 bridgehead atoms. The van der Waals surface area contributed by atoms with Crippen molar-refractivity contribution in [2.45, 2.75) is 20.4 Å². The van der Waals surface area contributed by atoms with Crippen LogP contribution in [0.5, 0.6) is 0 Å². The summed E-state index contributed by atoms with van der Waals surface area (Å²) in [4.78, 5) is 4.13. The van der Waals surface area contributed by atoms with Crippen LogP contribution in [0.25, 0.3) is 0 Å². The molecule has 1 aromatic rings. The molecule has 68 valence electrons. The minimum absolute atomic E-state index is 0.748. The Balaban J connectivity index is 2.39. The first kappa shape index (κ1) is 9.76. The van der Waals surface area contributed by atoms with Crippen LogP contribution in [0.1, 0.15) is 18.2 Å². The lowest BCUT2D eigenvalue weighted by atomic mass is 10.2. The van der Waals surface area contributed by atoms with Crippen molar-refractivity contribution in [3.8, 4) is 11.8 Å². The van der Waals surface area contributed by atoms with E-state index < -0.39 is 0 Å². The highest BCUT2D eigenvalue weighted by molar-refractivity contribution is 5.15. The number of aryl methyl sites for hydroxylation is 1. The monoisotopic (exact) mass is 174 g/mol. The number of rotatable bonds is 3. The molecule has 0 spiro atoms. The van der Waals surface area contributed by atoms with E-state index in [9.17, 15) is 0 Å². The van der Waals surface area contributed by atoms with E-state index >= 15 is 0 Å². The van der Waals surface area contributed by atoms with Gasteiger partial charge in [-0.2, -0.15) is 0 Å². The first-order chi connectivity index (χ1) is 6.33. The van der Waals surface area contributed by atoms with Crippen LogP contribution in [-0.4, -0.2) is 11.5 Å². The third-order valence-electron chi connectivity index (χ3n) is 1.68. The zero-order chi connectivity index (χ0) is 9.52. The van der Waals surface area contributed by atoms with Gasteiger partial charge in [-0.1, -0.05) is 5.92 Å². The van der Waals surface area contributed by atoms with E-state index in [4.69, 9.17) is 0 Å². The van der Waals surface area contributed by atoms with E-state index in [1.807, 2.05) is 26.1 Å². The minimum Gasteiger partial charge on any atom is -0.302 e. The zero-order valence-electron chi connectivity index (χ0n) is 8.09. The Kier molecular flexibility index (Phi) is 4.01. The largest absolute Gasteiger partial charge is 0.302 e. The number of hydrogen-bond donors (Lipinski definition) is 1. The van der Waals surface area contributed by atoms with Gasteiger partial charge >= 0.3 is 0 Å². The van der Waals surface area contributed by atoms with Crippen LogP contribution in [0.2, 0.25) is 0 Å². The van der Waals surface area contributed by atoms with Gasteiger partial charge in [-0.25, -0.2) is 0 Å². The van der Waals surface area contributed by atoms with Crippen LogP contribution < -0.4 is 5.32 Å². The number of nitrogens with one attached hydrogen (secondary N) is 1. The van der Waals surface area contributed by atoms with Gasteiger partial charge in [0.05, 0.1) is 6.54 Å². The van der Waals surface area contributed by atoms with E-state index in [1.165, 1.54) is 5.56 Å². The maximum Gasteiger partial charge on any atom is 0.0578 e. The molecule has 13 heavy (non-hydrogen) atoms. The number of aromatic nitrogens is 1. The Hall–Kier alpha value is -1.33. The molecule has 0 aromatic carbocycles. The third kappa shape index (κ3) is 3.73. The van der Waals surface area contributed by atoms with E-state index in [-0.39, 0.29) is 0 Å². The highest BCUT2D eigenvalue weighted by atomic mass is 14.8. The van der Waals surface area contributed by atoms with Crippen LogP contribution in [0, 0.1) is 18.8 Å². The molecule has 0 aliphatic carbocycles. The van der Waals surface area contributed by atoms with Gasteiger partial charge in [0, 0.05) is 18.4 Å². The minimum atomic E-state index is 0.748. The predicted molar refractivity (Wildman–Crippen MR) is 54.1 cm³/mol. The van der Waals surface area contributed by atoms with Crippen molar-refractivity contribution >= 4 is 0 Å². The highest BCUT2D eigenvalue weighted by Gasteiger charge is 1.91. The third-order valence-corrected chi connectivity index (χ3v) is 1.68. The Morgan fingerprint density at radius 3 is 3.08 bits per heavy atom. The topological polar surface area (TPSA) is 24.9 Å². The molecule has 2 nitrogen and oxygen atoms in total. The van der Waals surface area contributed by atoms with E-state index in [2.05, 4.69) is 28.2 Å². The molecule has 0 radical (unpaired) electrons. The van der Waals surface area contributed by atoms with Crippen LogP contribution in [0.3, 0.4) is 0 Å². The SMILES string of the molecule is CC#CCNCc1ccnc(C)c1. The first-order valence-electron chi connectivity index (χ1n) is 4.35. The van der Waals surface area contributed by atoms with E-state index in [0.29, 0.717) is 0 Å². The second-order valence-electron chi connectivity index (χ2n) is 2.84. The Morgan fingerprint density at radius 1 is 1.54 bits per heavy atom. The molecule has 1 heterocycles. The molecule has 0 amide bonds. The average molecular weight is 174 g/mol. The van der Waals surface area contributed by atoms with Gasteiger partial charge in [0.25, 0.3) is 0 Å². The highest BCUT2D eigenvalue weighted by Crippen LogP contribution is 1.99. The summed E-state index contributed by atoms with van der Waals surface area (Å²) in [6.45, 7) is 5.45. The summed E-state index contributed by atoms with van der Waals surface area (Å²) >= 11 is 0. The van der Waals surface area contributed by atoms with Gasteiger partial charge in [0.15, 0.2) is 0 Å². The molecule has 1 aromatic heterocycles. The molecule has 0 atom stereocenters. The van der Waals surface area contributed by atoms with Gasteiger partial charge < -0.3 is 5.32 Å². The van der Waals surface area contributed by atoms with Crippen LogP contribution in [-0.2, 0) is 6.54 Å². The summed E-state index contributed by atoms with van der Waals surface area (Å²) in [5.41, 5.74) is 2.31. The molecular weight excluding hydrogens is 160 g/mol. The Labute approximate surface area is 79.4 Å². The fourth-order valence-corrected chi connectivity index (χ4v) is 1.07. The van der Waals surface area contributed by atoms with Crippen LogP contribution >= 0.6 is 0 Å². The standard InChI is InChI=1S/C11H14N2/c1-3-4-6-12-9-11-5-7-13-10(2)8-11/h5,7-8,12H,6,9H2,1-2H3. The molecule has 0 aliphatic rings. The van der Waals surface area contributed by atoms with Crippen molar-refractivity contribution in [3.63, 3.8) is 0 Å². The second kappa shape index (κ2) is 5.34. The van der Waals surface area contributed by atoms with Gasteiger partial charge in [-0.15, -0.1) is 5.92 Å². The fourth-order valence-electron chi connectivity index (χ4n) is 1.07. The molecule has 1 rings (SSSR count). The van der Waals surface area contributed by atoms with Crippen molar-refractivity contribution in [1.29, 1.82) is 0 Å². The molecule has 0 fully saturated rings. The number of nitrogens with zero attached hydrogens (tertiary/aromatic N) is 1. The molecular formula is C11H14N2. The van der Waals surface area contributed by atoms with Gasteiger partial charge in [0.1, 0.15) is 0 Å². The molecule has 0 saturated heterocycles. The molecule has 0 saturated carbocycles. The summed E-state index contributed by atoms with van der Waals surface area (Å²) in [6, 6.07) is 4.09. The Morgan fingerprint density at radius 2 is 2.38 bits per heavy atom. The van der Waals surface area contributed by atoms with Crippen molar-refractivity contribution < 1.29 is 0 Å². The fraction of sp³-hybridized carbons (Fsp3) is 0.364. The number of hydrogen-bond acceptors (Lipinski definition) is 2. The second-order valence-corrected chi connectivity index (χ2v) is 2.84. The summed E-state index contributed by atoms with van der Waals surface area (Å²) in [6.07, 6.45) is 1.83. The van der Waals surface area contributed by atoms with Crippen LogP contribution in [0.15, 0.2) is 18.3 Å². The van der Waals surface area contributed by atoms with Crippen molar-refractivity contribution in [2.75, 3.05) is 6.54 Å². The molecule has 0 aliphatic heterocycles. The lowest BCUT2D eigenvalue weighted by Gasteiger charge is -2.01. The summed E-state index contributed by atoms with van der Waals surface area (Å²) < 4.78 is 0. The first-order valence-corrected chi connectivity index (χ1v) is 4.35. The summed E-state index contributed by atoms with van der Waals surface area (Å²) in [5, 5.41) is 3.23. The van der Waals surface area contributed by atoms with Gasteiger partial charge in [-0.3, -0.25) is 4.98 Å². The lowest BCUT2D eigenvalue weighted by Crippen LogP contribution is -2.13. The summed E-state index contributed by atoms with van der Waals surface area (Å²) in [7, 11) is 0. The van der Waals surface area contributed by atoms with Gasteiger partial charge in [-0.05, 0) is 31.5 Å². The maximum atomic E-state index is 4.13. The number of pyridine rings is 1. The zero-order valence-corrected chi connectivity index (χ0v) is 8.09.